The average molecular weight is 198 g/mol. The van der Waals surface area contributed by atoms with Crippen LogP contribution in [0.15, 0.2) is 0 Å². The van der Waals surface area contributed by atoms with E-state index in [2.05, 4.69) is 31.5 Å². The first kappa shape index (κ1) is 12.0. The Morgan fingerprint density at radius 2 is 2.00 bits per heavy atom. The summed E-state index contributed by atoms with van der Waals surface area (Å²) < 4.78 is 0. The zero-order valence-electron chi connectivity index (χ0n) is 9.97. The average Bonchev–Trinajstić information content (AvgIpc) is 2.93. The van der Waals surface area contributed by atoms with Crippen LogP contribution in [0.3, 0.4) is 0 Å². The summed E-state index contributed by atoms with van der Waals surface area (Å²) in [5.41, 5.74) is 0. The summed E-state index contributed by atoms with van der Waals surface area (Å²) in [6.45, 7) is 7.05. The van der Waals surface area contributed by atoms with Crippen LogP contribution in [0.4, 0.5) is 0 Å². The monoisotopic (exact) mass is 198 g/mol. The molecule has 84 valence electrons. The molecule has 0 aliphatic heterocycles. The summed E-state index contributed by atoms with van der Waals surface area (Å²) in [7, 11) is 2.05. The van der Waals surface area contributed by atoms with E-state index < -0.39 is 0 Å². The van der Waals surface area contributed by atoms with Gasteiger partial charge in [0.15, 0.2) is 0 Å². The van der Waals surface area contributed by atoms with Crippen molar-refractivity contribution in [1.29, 1.82) is 0 Å². The number of rotatable bonds is 8. The second-order valence-corrected chi connectivity index (χ2v) is 4.93. The number of nitrogens with one attached hydrogen (secondary N) is 2. The van der Waals surface area contributed by atoms with E-state index >= 15 is 0 Å². The lowest BCUT2D eigenvalue weighted by Crippen LogP contribution is -2.25. The zero-order valence-corrected chi connectivity index (χ0v) is 9.97. The predicted octanol–water partition coefficient (Wildman–Crippen LogP) is 2.01. The third kappa shape index (κ3) is 4.97. The van der Waals surface area contributed by atoms with Crippen LogP contribution in [0, 0.1) is 11.8 Å². The van der Waals surface area contributed by atoms with Crippen molar-refractivity contribution in [1.82, 2.24) is 10.6 Å². The maximum absolute atomic E-state index is 3.57. The number of hydrogen-bond donors (Lipinski definition) is 2. The van der Waals surface area contributed by atoms with Gasteiger partial charge in [-0.15, -0.1) is 0 Å². The Labute approximate surface area is 88.8 Å². The molecule has 0 amide bonds. The van der Waals surface area contributed by atoms with Crippen LogP contribution in [0.1, 0.15) is 39.5 Å². The second kappa shape index (κ2) is 6.41. The van der Waals surface area contributed by atoms with Crippen LogP contribution < -0.4 is 10.6 Å². The van der Waals surface area contributed by atoms with E-state index in [1.165, 1.54) is 38.8 Å². The Bertz CT molecular complexity index is 141. The standard InChI is InChI=1S/C12H26N2/c1-10(2)11(9-13-3)5-4-8-14-12-6-7-12/h10-14H,4-9H2,1-3H3. The lowest BCUT2D eigenvalue weighted by Gasteiger charge is -2.20. The Hall–Kier alpha value is -0.0800. The summed E-state index contributed by atoms with van der Waals surface area (Å²) in [4.78, 5) is 0. The molecule has 1 atom stereocenters. The third-order valence-electron chi connectivity index (χ3n) is 3.17. The molecule has 2 nitrogen and oxygen atoms in total. The third-order valence-corrected chi connectivity index (χ3v) is 3.17. The molecule has 1 rings (SSSR count). The zero-order chi connectivity index (χ0) is 10.4. The van der Waals surface area contributed by atoms with E-state index in [9.17, 15) is 0 Å². The van der Waals surface area contributed by atoms with Crippen molar-refractivity contribution in [2.45, 2.75) is 45.6 Å². The van der Waals surface area contributed by atoms with Crippen LogP contribution in [0.25, 0.3) is 0 Å². The van der Waals surface area contributed by atoms with Crippen LogP contribution in [0.5, 0.6) is 0 Å². The minimum absolute atomic E-state index is 0.809. The van der Waals surface area contributed by atoms with Crippen molar-refractivity contribution in [3.05, 3.63) is 0 Å². The molecule has 0 bridgehead atoms. The Kier molecular flexibility index (Phi) is 5.49. The molecule has 2 N–H and O–H groups in total. The van der Waals surface area contributed by atoms with Gasteiger partial charge in [0.1, 0.15) is 0 Å². The van der Waals surface area contributed by atoms with Gasteiger partial charge < -0.3 is 10.6 Å². The van der Waals surface area contributed by atoms with Crippen LogP contribution in [-0.2, 0) is 0 Å². The molecule has 0 radical (unpaired) electrons. The predicted molar refractivity (Wildman–Crippen MR) is 62.5 cm³/mol. The molecule has 1 aliphatic rings. The van der Waals surface area contributed by atoms with Gasteiger partial charge in [0.2, 0.25) is 0 Å². The molecule has 14 heavy (non-hydrogen) atoms. The van der Waals surface area contributed by atoms with Gasteiger partial charge in [0.05, 0.1) is 0 Å². The molecule has 0 saturated heterocycles. The topological polar surface area (TPSA) is 24.1 Å². The fourth-order valence-corrected chi connectivity index (χ4v) is 1.89. The van der Waals surface area contributed by atoms with E-state index in [1.807, 2.05) is 0 Å². The Morgan fingerprint density at radius 1 is 1.29 bits per heavy atom. The molecular formula is C12H26N2. The van der Waals surface area contributed by atoms with Crippen molar-refractivity contribution < 1.29 is 0 Å². The van der Waals surface area contributed by atoms with Gasteiger partial charge >= 0.3 is 0 Å². The molecule has 1 unspecified atom stereocenters. The first-order valence-electron chi connectivity index (χ1n) is 6.12. The fraction of sp³-hybridized carbons (Fsp3) is 1.00. The molecule has 0 aromatic heterocycles. The van der Waals surface area contributed by atoms with Crippen molar-refractivity contribution in [2.75, 3.05) is 20.1 Å². The van der Waals surface area contributed by atoms with Crippen LogP contribution in [-0.4, -0.2) is 26.2 Å². The van der Waals surface area contributed by atoms with Crippen LogP contribution in [0.2, 0.25) is 0 Å². The maximum Gasteiger partial charge on any atom is 0.00682 e. The largest absolute Gasteiger partial charge is 0.319 e. The van der Waals surface area contributed by atoms with Gasteiger partial charge in [0, 0.05) is 6.04 Å². The maximum atomic E-state index is 3.57. The highest BCUT2D eigenvalue weighted by atomic mass is 14.9. The van der Waals surface area contributed by atoms with E-state index in [0.717, 1.165) is 17.9 Å². The van der Waals surface area contributed by atoms with Gasteiger partial charge in [0.25, 0.3) is 0 Å². The van der Waals surface area contributed by atoms with Crippen molar-refractivity contribution >= 4 is 0 Å². The van der Waals surface area contributed by atoms with Crippen LogP contribution >= 0.6 is 0 Å². The van der Waals surface area contributed by atoms with E-state index in [1.54, 1.807) is 0 Å². The van der Waals surface area contributed by atoms with Crippen molar-refractivity contribution in [2.24, 2.45) is 11.8 Å². The lowest BCUT2D eigenvalue weighted by atomic mass is 9.91. The normalized spacial score (nSPS) is 18.9. The minimum Gasteiger partial charge on any atom is -0.319 e. The molecule has 1 saturated carbocycles. The van der Waals surface area contributed by atoms with E-state index in [0.29, 0.717) is 0 Å². The van der Waals surface area contributed by atoms with E-state index in [4.69, 9.17) is 0 Å². The molecule has 0 aromatic carbocycles. The highest BCUT2D eigenvalue weighted by Gasteiger charge is 2.20. The van der Waals surface area contributed by atoms with Crippen molar-refractivity contribution in [3.8, 4) is 0 Å². The number of hydrogen-bond acceptors (Lipinski definition) is 2. The highest BCUT2D eigenvalue weighted by Crippen LogP contribution is 2.19. The van der Waals surface area contributed by atoms with E-state index in [-0.39, 0.29) is 0 Å². The smallest absolute Gasteiger partial charge is 0.00682 e. The highest BCUT2D eigenvalue weighted by molar-refractivity contribution is 4.80. The van der Waals surface area contributed by atoms with Gasteiger partial charge in [-0.3, -0.25) is 0 Å². The van der Waals surface area contributed by atoms with Gasteiger partial charge in [-0.05, 0) is 57.7 Å². The lowest BCUT2D eigenvalue weighted by molar-refractivity contribution is 0.339. The van der Waals surface area contributed by atoms with Gasteiger partial charge in [-0.1, -0.05) is 13.8 Å². The fourth-order valence-electron chi connectivity index (χ4n) is 1.89. The summed E-state index contributed by atoms with van der Waals surface area (Å²) in [6.07, 6.45) is 5.51. The SMILES string of the molecule is CNCC(CCCNC1CC1)C(C)C. The minimum atomic E-state index is 0.809. The molecule has 0 aromatic rings. The summed E-state index contributed by atoms with van der Waals surface area (Å²) in [5.74, 6) is 1.66. The molecule has 1 fully saturated rings. The Morgan fingerprint density at radius 3 is 2.50 bits per heavy atom. The van der Waals surface area contributed by atoms with Crippen molar-refractivity contribution in [3.63, 3.8) is 0 Å². The molecule has 1 aliphatic carbocycles. The first-order chi connectivity index (χ1) is 6.74. The first-order valence-corrected chi connectivity index (χ1v) is 6.12. The quantitative estimate of drug-likeness (QED) is 0.583. The second-order valence-electron chi connectivity index (χ2n) is 4.93. The molecule has 2 heteroatoms. The molecule has 0 heterocycles. The molecular weight excluding hydrogens is 172 g/mol. The summed E-state index contributed by atoms with van der Waals surface area (Å²) >= 11 is 0. The summed E-state index contributed by atoms with van der Waals surface area (Å²) in [6, 6.07) is 0.872. The Balaban J connectivity index is 1.99. The molecule has 0 spiro atoms. The van der Waals surface area contributed by atoms with Gasteiger partial charge in [-0.25, -0.2) is 0 Å². The van der Waals surface area contributed by atoms with Gasteiger partial charge in [-0.2, -0.15) is 0 Å². The summed E-state index contributed by atoms with van der Waals surface area (Å²) in [5, 5.41) is 6.86.